The molecule has 2 amide bonds. The van der Waals surface area contributed by atoms with Gasteiger partial charge in [0.1, 0.15) is 6.04 Å². The van der Waals surface area contributed by atoms with Gasteiger partial charge in [0.05, 0.1) is 0 Å². The molecule has 1 heterocycles. The first-order valence-electron chi connectivity index (χ1n) is 7.42. The molecule has 21 heavy (non-hydrogen) atoms. The molecule has 0 radical (unpaired) electrons. The molecular weight excluding hydrogens is 266 g/mol. The van der Waals surface area contributed by atoms with Crippen LogP contribution in [0.25, 0.3) is 0 Å². The summed E-state index contributed by atoms with van der Waals surface area (Å²) in [6.45, 7) is 1.48. The van der Waals surface area contributed by atoms with Crippen molar-refractivity contribution >= 4 is 17.5 Å². The average molecular weight is 289 g/mol. The van der Waals surface area contributed by atoms with E-state index in [9.17, 15) is 9.59 Å². The predicted molar refractivity (Wildman–Crippen MR) is 83.1 cm³/mol. The first kappa shape index (κ1) is 15.5. The van der Waals surface area contributed by atoms with Gasteiger partial charge in [0, 0.05) is 25.7 Å². The Labute approximate surface area is 125 Å². The van der Waals surface area contributed by atoms with Crippen LogP contribution in [0.1, 0.15) is 19.3 Å². The summed E-state index contributed by atoms with van der Waals surface area (Å²) in [4.78, 5) is 28.0. The van der Waals surface area contributed by atoms with Gasteiger partial charge in [-0.3, -0.25) is 9.59 Å². The maximum atomic E-state index is 12.5. The van der Waals surface area contributed by atoms with Crippen LogP contribution in [0.15, 0.2) is 30.3 Å². The molecule has 5 heteroatoms. The van der Waals surface area contributed by atoms with Crippen LogP contribution in [0.4, 0.5) is 5.69 Å². The number of nitrogens with one attached hydrogen (secondary N) is 1. The number of rotatable bonds is 6. The highest BCUT2D eigenvalue weighted by Gasteiger charge is 2.36. The second kappa shape index (κ2) is 7.22. The molecule has 0 saturated carbocycles. The third-order valence-corrected chi connectivity index (χ3v) is 3.92. The van der Waals surface area contributed by atoms with Crippen molar-refractivity contribution in [2.24, 2.45) is 0 Å². The quantitative estimate of drug-likeness (QED) is 0.802. The van der Waals surface area contributed by atoms with Crippen LogP contribution in [0.5, 0.6) is 0 Å². The SMILES string of the molecule is CNCCCC(=O)N(C)C1CCN(c2ccccc2)C1=O. The Morgan fingerprint density at radius 2 is 2.10 bits per heavy atom. The lowest BCUT2D eigenvalue weighted by Gasteiger charge is -2.24. The Morgan fingerprint density at radius 3 is 2.76 bits per heavy atom. The minimum atomic E-state index is -0.327. The molecule has 0 bridgehead atoms. The third kappa shape index (κ3) is 3.61. The summed E-state index contributed by atoms with van der Waals surface area (Å²) in [5, 5.41) is 3.02. The molecule has 0 spiro atoms. The Balaban J connectivity index is 1.96. The number of amides is 2. The molecule has 1 unspecified atom stereocenters. The molecule has 1 N–H and O–H groups in total. The normalized spacial score (nSPS) is 18.1. The number of carbonyl (C=O) groups is 2. The van der Waals surface area contributed by atoms with E-state index in [0.717, 1.165) is 18.7 Å². The minimum Gasteiger partial charge on any atom is -0.334 e. The van der Waals surface area contributed by atoms with Gasteiger partial charge < -0.3 is 15.1 Å². The van der Waals surface area contributed by atoms with Crippen LogP contribution < -0.4 is 10.2 Å². The lowest BCUT2D eigenvalue weighted by molar-refractivity contribution is -0.136. The zero-order chi connectivity index (χ0) is 15.2. The number of hydrogen-bond acceptors (Lipinski definition) is 3. The number of carbonyl (C=O) groups excluding carboxylic acids is 2. The highest BCUT2D eigenvalue weighted by atomic mass is 16.2. The fourth-order valence-corrected chi connectivity index (χ4v) is 2.66. The van der Waals surface area contributed by atoms with Crippen LogP contribution >= 0.6 is 0 Å². The zero-order valence-electron chi connectivity index (χ0n) is 12.7. The number of benzene rings is 1. The Hall–Kier alpha value is -1.88. The smallest absolute Gasteiger partial charge is 0.249 e. The molecule has 0 aliphatic carbocycles. The fourth-order valence-electron chi connectivity index (χ4n) is 2.66. The highest BCUT2D eigenvalue weighted by molar-refractivity contribution is 6.01. The number of likely N-dealkylation sites (N-methyl/N-ethyl adjacent to an activating group) is 1. The summed E-state index contributed by atoms with van der Waals surface area (Å²) in [7, 11) is 3.60. The molecule has 114 valence electrons. The van der Waals surface area contributed by atoms with Gasteiger partial charge in [-0.25, -0.2) is 0 Å². The van der Waals surface area contributed by atoms with Crippen LogP contribution in [-0.2, 0) is 9.59 Å². The van der Waals surface area contributed by atoms with Crippen molar-refractivity contribution in [1.82, 2.24) is 10.2 Å². The van der Waals surface area contributed by atoms with Crippen molar-refractivity contribution in [3.05, 3.63) is 30.3 Å². The molecule has 1 aromatic rings. The van der Waals surface area contributed by atoms with E-state index in [0.29, 0.717) is 19.4 Å². The van der Waals surface area contributed by atoms with Gasteiger partial charge in [0.25, 0.3) is 0 Å². The Bertz CT molecular complexity index is 490. The van der Waals surface area contributed by atoms with Gasteiger partial charge >= 0.3 is 0 Å². The topological polar surface area (TPSA) is 52.7 Å². The molecule has 5 nitrogen and oxygen atoms in total. The largest absolute Gasteiger partial charge is 0.334 e. The summed E-state index contributed by atoms with van der Waals surface area (Å²) in [5.74, 6) is 0.0594. The summed E-state index contributed by atoms with van der Waals surface area (Å²) < 4.78 is 0. The van der Waals surface area contributed by atoms with E-state index in [1.807, 2.05) is 37.4 Å². The van der Waals surface area contributed by atoms with Crippen molar-refractivity contribution < 1.29 is 9.59 Å². The van der Waals surface area contributed by atoms with E-state index >= 15 is 0 Å². The van der Waals surface area contributed by atoms with Crippen LogP contribution in [0.2, 0.25) is 0 Å². The van der Waals surface area contributed by atoms with Crippen molar-refractivity contribution in [3.8, 4) is 0 Å². The predicted octanol–water partition coefficient (Wildman–Crippen LogP) is 1.25. The van der Waals surface area contributed by atoms with Crippen LogP contribution in [0, 0.1) is 0 Å². The summed E-state index contributed by atoms with van der Waals surface area (Å²) in [6, 6.07) is 9.29. The van der Waals surface area contributed by atoms with Crippen molar-refractivity contribution in [1.29, 1.82) is 0 Å². The lowest BCUT2D eigenvalue weighted by atomic mass is 10.2. The van der Waals surface area contributed by atoms with E-state index in [1.54, 1.807) is 16.8 Å². The van der Waals surface area contributed by atoms with E-state index < -0.39 is 0 Å². The van der Waals surface area contributed by atoms with E-state index in [-0.39, 0.29) is 17.9 Å². The molecular formula is C16H23N3O2. The molecule has 2 rings (SSSR count). The zero-order valence-corrected chi connectivity index (χ0v) is 12.7. The van der Waals surface area contributed by atoms with E-state index in [2.05, 4.69) is 5.32 Å². The Morgan fingerprint density at radius 1 is 1.38 bits per heavy atom. The monoisotopic (exact) mass is 289 g/mol. The Kier molecular flexibility index (Phi) is 5.33. The summed E-state index contributed by atoms with van der Waals surface area (Å²) in [6.07, 6.45) is 1.97. The second-order valence-corrected chi connectivity index (χ2v) is 5.34. The van der Waals surface area contributed by atoms with Gasteiger partial charge in [-0.15, -0.1) is 0 Å². The first-order chi connectivity index (χ1) is 10.1. The van der Waals surface area contributed by atoms with E-state index in [1.165, 1.54) is 0 Å². The van der Waals surface area contributed by atoms with Crippen LogP contribution in [0.3, 0.4) is 0 Å². The molecule has 1 aliphatic heterocycles. The molecule has 0 aromatic heterocycles. The molecule has 1 atom stereocenters. The molecule has 1 fully saturated rings. The number of anilines is 1. The first-order valence-corrected chi connectivity index (χ1v) is 7.42. The number of nitrogens with zero attached hydrogens (tertiary/aromatic N) is 2. The minimum absolute atomic E-state index is 0.0191. The number of hydrogen-bond donors (Lipinski definition) is 1. The summed E-state index contributed by atoms with van der Waals surface area (Å²) >= 11 is 0. The third-order valence-electron chi connectivity index (χ3n) is 3.92. The van der Waals surface area contributed by atoms with Crippen LogP contribution in [-0.4, -0.2) is 49.9 Å². The van der Waals surface area contributed by atoms with Gasteiger partial charge in [0.15, 0.2) is 0 Å². The van der Waals surface area contributed by atoms with Crippen molar-refractivity contribution in [2.45, 2.75) is 25.3 Å². The van der Waals surface area contributed by atoms with E-state index in [4.69, 9.17) is 0 Å². The molecule has 1 aliphatic rings. The maximum Gasteiger partial charge on any atom is 0.249 e. The fraction of sp³-hybridized carbons (Fsp3) is 0.500. The average Bonchev–Trinajstić information content (AvgIpc) is 2.89. The van der Waals surface area contributed by atoms with Crippen molar-refractivity contribution in [3.63, 3.8) is 0 Å². The molecule has 1 saturated heterocycles. The van der Waals surface area contributed by atoms with Crippen molar-refractivity contribution in [2.75, 3.05) is 32.1 Å². The maximum absolute atomic E-state index is 12.5. The van der Waals surface area contributed by atoms with Gasteiger partial charge in [-0.1, -0.05) is 18.2 Å². The van der Waals surface area contributed by atoms with Gasteiger partial charge in [-0.05, 0) is 38.6 Å². The molecule has 1 aromatic carbocycles. The van der Waals surface area contributed by atoms with Gasteiger partial charge in [-0.2, -0.15) is 0 Å². The lowest BCUT2D eigenvalue weighted by Crippen LogP contribution is -2.43. The standard InChI is InChI=1S/C16H23N3O2/c1-17-11-6-9-15(20)18(2)14-10-12-19(16(14)21)13-7-4-3-5-8-13/h3-5,7-8,14,17H,6,9-12H2,1-2H3. The highest BCUT2D eigenvalue weighted by Crippen LogP contribution is 2.23. The summed E-state index contributed by atoms with van der Waals surface area (Å²) in [5.41, 5.74) is 0.904. The second-order valence-electron chi connectivity index (χ2n) is 5.34. The number of para-hydroxylation sites is 1. The van der Waals surface area contributed by atoms with Gasteiger partial charge in [0.2, 0.25) is 11.8 Å².